The van der Waals surface area contributed by atoms with Crippen LogP contribution in [0.3, 0.4) is 0 Å². The standard InChI is InChI=1S/C20H30N2O/c1-13-7-6-8-19(14(13)2)20(23)22(5)18-11-15-9-17(21(3)4)10-16(15)12-18/h6-8,15-18H,9-12H2,1-5H3/t15-,16+,17?,18?. The van der Waals surface area contributed by atoms with Gasteiger partial charge in [0, 0.05) is 24.7 Å². The molecule has 3 nitrogen and oxygen atoms in total. The van der Waals surface area contributed by atoms with Crippen LogP contribution >= 0.6 is 0 Å². The van der Waals surface area contributed by atoms with E-state index in [0.717, 1.165) is 29.0 Å². The van der Waals surface area contributed by atoms with Gasteiger partial charge in [-0.05, 0) is 82.7 Å². The number of nitrogens with zero attached hydrogens (tertiary/aromatic N) is 2. The minimum Gasteiger partial charge on any atom is -0.339 e. The molecule has 3 heteroatoms. The first-order chi connectivity index (χ1) is 10.9. The Morgan fingerprint density at radius 2 is 1.52 bits per heavy atom. The van der Waals surface area contributed by atoms with E-state index < -0.39 is 0 Å². The van der Waals surface area contributed by atoms with E-state index >= 15 is 0 Å². The summed E-state index contributed by atoms with van der Waals surface area (Å²) in [6, 6.07) is 7.20. The zero-order chi connectivity index (χ0) is 16.7. The molecule has 4 atom stereocenters. The van der Waals surface area contributed by atoms with Crippen molar-refractivity contribution < 1.29 is 4.79 Å². The largest absolute Gasteiger partial charge is 0.339 e. The molecular weight excluding hydrogens is 284 g/mol. The summed E-state index contributed by atoms with van der Waals surface area (Å²) in [5.74, 6) is 1.81. The maximum absolute atomic E-state index is 12.9. The quantitative estimate of drug-likeness (QED) is 0.852. The number of fused-ring (bicyclic) bond motifs is 1. The fourth-order valence-corrected chi connectivity index (χ4v) is 4.63. The summed E-state index contributed by atoms with van der Waals surface area (Å²) in [6.07, 6.45) is 4.98. The van der Waals surface area contributed by atoms with Crippen molar-refractivity contribution >= 4 is 5.91 Å². The molecule has 126 valence electrons. The molecule has 0 heterocycles. The Morgan fingerprint density at radius 1 is 0.957 bits per heavy atom. The highest BCUT2D eigenvalue weighted by atomic mass is 16.2. The lowest BCUT2D eigenvalue weighted by molar-refractivity contribution is 0.0725. The molecule has 0 radical (unpaired) electrons. The zero-order valence-corrected chi connectivity index (χ0v) is 15.2. The summed E-state index contributed by atoms with van der Waals surface area (Å²) in [7, 11) is 6.39. The molecule has 2 unspecified atom stereocenters. The second-order valence-electron chi connectivity index (χ2n) is 7.90. The Balaban J connectivity index is 1.67. The molecule has 2 fully saturated rings. The summed E-state index contributed by atoms with van der Waals surface area (Å²) in [6.45, 7) is 4.13. The molecule has 1 aromatic rings. The fourth-order valence-electron chi connectivity index (χ4n) is 4.63. The summed E-state index contributed by atoms with van der Waals surface area (Å²) in [4.78, 5) is 17.3. The van der Waals surface area contributed by atoms with Crippen LogP contribution in [0.25, 0.3) is 0 Å². The molecule has 2 saturated carbocycles. The van der Waals surface area contributed by atoms with Crippen LogP contribution in [0.15, 0.2) is 18.2 Å². The first-order valence-corrected chi connectivity index (χ1v) is 8.88. The van der Waals surface area contributed by atoms with E-state index in [1.807, 2.05) is 24.1 Å². The summed E-state index contributed by atoms with van der Waals surface area (Å²) < 4.78 is 0. The summed E-state index contributed by atoms with van der Waals surface area (Å²) in [5, 5.41) is 0. The van der Waals surface area contributed by atoms with Crippen molar-refractivity contribution in [3.05, 3.63) is 34.9 Å². The van der Waals surface area contributed by atoms with E-state index in [-0.39, 0.29) is 5.91 Å². The lowest BCUT2D eigenvalue weighted by Gasteiger charge is -2.27. The van der Waals surface area contributed by atoms with Crippen LogP contribution in [0.1, 0.15) is 47.2 Å². The molecule has 0 spiro atoms. The van der Waals surface area contributed by atoms with Gasteiger partial charge in [-0.2, -0.15) is 0 Å². The third kappa shape index (κ3) is 3.03. The molecule has 2 aliphatic rings. The molecule has 23 heavy (non-hydrogen) atoms. The van der Waals surface area contributed by atoms with Crippen LogP contribution in [0.5, 0.6) is 0 Å². The Morgan fingerprint density at radius 3 is 2.09 bits per heavy atom. The number of hydrogen-bond donors (Lipinski definition) is 0. The molecule has 3 rings (SSSR count). The maximum atomic E-state index is 12.9. The second kappa shape index (κ2) is 6.27. The lowest BCUT2D eigenvalue weighted by Crippen LogP contribution is -2.37. The molecular formula is C20H30N2O. The van der Waals surface area contributed by atoms with Gasteiger partial charge in [-0.1, -0.05) is 12.1 Å². The molecule has 1 aromatic carbocycles. The molecule has 1 amide bonds. The summed E-state index contributed by atoms with van der Waals surface area (Å²) >= 11 is 0. The maximum Gasteiger partial charge on any atom is 0.254 e. The van der Waals surface area contributed by atoms with E-state index in [0.29, 0.717) is 6.04 Å². The van der Waals surface area contributed by atoms with Gasteiger partial charge >= 0.3 is 0 Å². The number of amides is 1. The first-order valence-electron chi connectivity index (χ1n) is 8.88. The highest BCUT2D eigenvalue weighted by molar-refractivity contribution is 5.96. The third-order valence-electron chi connectivity index (χ3n) is 6.40. The number of aryl methyl sites for hydroxylation is 1. The van der Waals surface area contributed by atoms with E-state index in [4.69, 9.17) is 0 Å². The van der Waals surface area contributed by atoms with E-state index in [2.05, 4.69) is 38.9 Å². The van der Waals surface area contributed by atoms with Gasteiger partial charge in [-0.15, -0.1) is 0 Å². The number of benzene rings is 1. The number of hydrogen-bond acceptors (Lipinski definition) is 2. The van der Waals surface area contributed by atoms with Gasteiger partial charge in [0.05, 0.1) is 0 Å². The Kier molecular flexibility index (Phi) is 4.50. The normalized spacial score (nSPS) is 29.8. The van der Waals surface area contributed by atoms with Crippen molar-refractivity contribution in [2.24, 2.45) is 11.8 Å². The molecule has 0 bridgehead atoms. The average Bonchev–Trinajstić information content (AvgIpc) is 3.07. The van der Waals surface area contributed by atoms with Gasteiger partial charge < -0.3 is 9.80 Å². The van der Waals surface area contributed by atoms with Crippen molar-refractivity contribution in [2.75, 3.05) is 21.1 Å². The van der Waals surface area contributed by atoms with Crippen molar-refractivity contribution in [1.82, 2.24) is 9.80 Å². The van der Waals surface area contributed by atoms with Crippen LogP contribution in [0.4, 0.5) is 0 Å². The summed E-state index contributed by atoms with van der Waals surface area (Å²) in [5.41, 5.74) is 3.19. The van der Waals surface area contributed by atoms with Gasteiger partial charge in [0.2, 0.25) is 0 Å². The minimum absolute atomic E-state index is 0.195. The van der Waals surface area contributed by atoms with E-state index in [1.54, 1.807) is 0 Å². The van der Waals surface area contributed by atoms with Crippen LogP contribution < -0.4 is 0 Å². The third-order valence-corrected chi connectivity index (χ3v) is 6.40. The predicted octanol–water partition coefficient (Wildman–Crippen LogP) is 3.49. The van der Waals surface area contributed by atoms with Crippen molar-refractivity contribution in [3.63, 3.8) is 0 Å². The lowest BCUT2D eigenvalue weighted by atomic mass is 10.0. The molecule has 0 saturated heterocycles. The average molecular weight is 314 g/mol. The van der Waals surface area contributed by atoms with E-state index in [1.165, 1.54) is 31.2 Å². The fraction of sp³-hybridized carbons (Fsp3) is 0.650. The topological polar surface area (TPSA) is 23.6 Å². The van der Waals surface area contributed by atoms with E-state index in [9.17, 15) is 4.79 Å². The van der Waals surface area contributed by atoms with Gasteiger partial charge in [0.1, 0.15) is 0 Å². The molecule has 0 aromatic heterocycles. The van der Waals surface area contributed by atoms with Crippen LogP contribution in [-0.4, -0.2) is 48.9 Å². The van der Waals surface area contributed by atoms with Crippen LogP contribution in [0, 0.1) is 25.7 Å². The van der Waals surface area contributed by atoms with Crippen molar-refractivity contribution in [2.45, 2.75) is 51.6 Å². The van der Waals surface area contributed by atoms with Crippen LogP contribution in [0.2, 0.25) is 0 Å². The molecule has 0 aliphatic heterocycles. The van der Waals surface area contributed by atoms with Gasteiger partial charge in [-0.3, -0.25) is 4.79 Å². The Hall–Kier alpha value is -1.35. The predicted molar refractivity (Wildman–Crippen MR) is 94.7 cm³/mol. The highest BCUT2D eigenvalue weighted by Crippen LogP contribution is 2.46. The Labute approximate surface area is 140 Å². The highest BCUT2D eigenvalue weighted by Gasteiger charge is 2.44. The van der Waals surface area contributed by atoms with Gasteiger partial charge in [0.15, 0.2) is 0 Å². The Bertz CT molecular complexity index is 581. The number of carbonyl (C=O) groups is 1. The number of rotatable bonds is 3. The minimum atomic E-state index is 0.195. The monoisotopic (exact) mass is 314 g/mol. The SMILES string of the molecule is Cc1cccc(C(=O)N(C)C2C[C@H]3CC(N(C)C)C[C@H]3C2)c1C. The zero-order valence-electron chi connectivity index (χ0n) is 15.2. The van der Waals surface area contributed by atoms with Gasteiger partial charge in [0.25, 0.3) is 5.91 Å². The van der Waals surface area contributed by atoms with Gasteiger partial charge in [-0.25, -0.2) is 0 Å². The molecule has 0 N–H and O–H groups in total. The van der Waals surface area contributed by atoms with Crippen molar-refractivity contribution in [3.8, 4) is 0 Å². The van der Waals surface area contributed by atoms with Crippen molar-refractivity contribution in [1.29, 1.82) is 0 Å². The molecule has 2 aliphatic carbocycles. The smallest absolute Gasteiger partial charge is 0.254 e. The second-order valence-corrected chi connectivity index (χ2v) is 7.90. The number of carbonyl (C=O) groups excluding carboxylic acids is 1. The first kappa shape index (κ1) is 16.5. The van der Waals surface area contributed by atoms with Crippen LogP contribution in [-0.2, 0) is 0 Å².